The monoisotopic (exact) mass is 746 g/mol. The quantitative estimate of drug-likeness (QED) is 0.164. The van der Waals surface area contributed by atoms with Crippen molar-refractivity contribution in [3.8, 4) is 11.5 Å². The van der Waals surface area contributed by atoms with Crippen LogP contribution in [0.2, 0.25) is 0 Å². The van der Waals surface area contributed by atoms with Gasteiger partial charge in [0.25, 0.3) is 11.8 Å². The van der Waals surface area contributed by atoms with Crippen LogP contribution in [0, 0.1) is 0 Å². The highest BCUT2D eigenvalue weighted by Gasteiger charge is 2.39. The summed E-state index contributed by atoms with van der Waals surface area (Å²) in [4.78, 5) is 31.9. The number of aromatic hydroxyl groups is 1. The Morgan fingerprint density at radius 2 is 1.64 bits per heavy atom. The van der Waals surface area contributed by atoms with Gasteiger partial charge in [0.2, 0.25) is 5.91 Å². The van der Waals surface area contributed by atoms with Gasteiger partial charge in [-0.1, -0.05) is 55.1 Å². The predicted molar refractivity (Wildman–Crippen MR) is 209 cm³/mol. The van der Waals surface area contributed by atoms with E-state index < -0.39 is 18.6 Å². The number of nitrogens with zero attached hydrogens (tertiary/aromatic N) is 3. The molecule has 2 N–H and O–H groups in total. The maximum Gasteiger partial charge on any atom is 0.281 e. The van der Waals surface area contributed by atoms with Crippen LogP contribution in [0.15, 0.2) is 103 Å². The lowest BCUT2D eigenvalue weighted by Gasteiger charge is -2.36. The van der Waals surface area contributed by atoms with Crippen molar-refractivity contribution >= 4 is 17.5 Å². The number of carbonyl (C=O) groups excluding carboxylic acids is 2. The third kappa shape index (κ3) is 7.96. The van der Waals surface area contributed by atoms with Gasteiger partial charge in [-0.2, -0.15) is 0 Å². The van der Waals surface area contributed by atoms with Gasteiger partial charge in [-0.25, -0.2) is 8.78 Å². The molecule has 0 bridgehead atoms. The molecule has 3 heterocycles. The molecule has 3 atom stereocenters. The summed E-state index contributed by atoms with van der Waals surface area (Å²) < 4.78 is 35.8. The minimum Gasteiger partial charge on any atom is -0.508 e. The van der Waals surface area contributed by atoms with Crippen molar-refractivity contribution < 1.29 is 28.2 Å². The molecule has 2 amide bonds. The van der Waals surface area contributed by atoms with Crippen LogP contribution in [0.5, 0.6) is 11.5 Å². The molecule has 2 saturated heterocycles. The summed E-state index contributed by atoms with van der Waals surface area (Å²) in [7, 11) is 0. The Balaban J connectivity index is 0.806. The Morgan fingerprint density at radius 1 is 0.855 bits per heavy atom. The third-order valence-electron chi connectivity index (χ3n) is 11.9. The third-order valence-corrected chi connectivity index (χ3v) is 11.9. The van der Waals surface area contributed by atoms with Crippen molar-refractivity contribution in [2.45, 2.75) is 68.9 Å². The number of amides is 2. The van der Waals surface area contributed by atoms with Crippen LogP contribution in [0.4, 0.5) is 14.5 Å². The molecular weight excluding hydrogens is 699 g/mol. The number of fused-ring (bicyclic) bond motifs is 2. The Hall–Kier alpha value is -5.22. The molecule has 4 aliphatic rings. The van der Waals surface area contributed by atoms with Crippen molar-refractivity contribution in [2.24, 2.45) is 0 Å². The number of anilines is 1. The van der Waals surface area contributed by atoms with Crippen molar-refractivity contribution in [2.75, 3.05) is 44.2 Å². The lowest BCUT2D eigenvalue weighted by molar-refractivity contribution is -0.126. The van der Waals surface area contributed by atoms with Crippen LogP contribution in [0.1, 0.15) is 82.1 Å². The zero-order valence-electron chi connectivity index (χ0n) is 31.1. The molecule has 4 aromatic carbocycles. The van der Waals surface area contributed by atoms with E-state index >= 15 is 8.78 Å². The first-order chi connectivity index (χ1) is 26.6. The first-order valence-corrected chi connectivity index (χ1v) is 19.5. The number of hydrogen-bond donors (Lipinski definition) is 2. The van der Waals surface area contributed by atoms with E-state index in [4.69, 9.17) is 4.74 Å². The second kappa shape index (κ2) is 15.5. The van der Waals surface area contributed by atoms with Crippen LogP contribution < -0.4 is 15.0 Å². The Kier molecular flexibility index (Phi) is 10.3. The average Bonchev–Trinajstić information content (AvgIpc) is 3.52. The number of piperidine rings is 1. The SMILES string of the molecule is C=C1CCC(N2Cc3cc(N4CCN(CCCC(F)(F)COc5ccc([C@@H]6c7ccc(O)cc7CC[C@@H]6c6ccccc6)cc5)CC4)ccc3C2=O)C(=O)N1. The number of phenols is 1. The molecule has 0 saturated carbocycles. The Labute approximate surface area is 321 Å². The number of nitrogens with one attached hydrogen (secondary N) is 1. The minimum absolute atomic E-state index is 0.0768. The van der Waals surface area contributed by atoms with Crippen molar-refractivity contribution in [3.05, 3.63) is 137 Å². The molecular formula is C45H48F2N4O4. The van der Waals surface area contributed by atoms with E-state index in [1.807, 2.05) is 42.5 Å². The summed E-state index contributed by atoms with van der Waals surface area (Å²) in [6.07, 6.45) is 3.18. The van der Waals surface area contributed by atoms with E-state index in [1.54, 1.807) is 23.1 Å². The van der Waals surface area contributed by atoms with Crippen LogP contribution in [-0.4, -0.2) is 78.0 Å². The summed E-state index contributed by atoms with van der Waals surface area (Å²) in [5.41, 5.74) is 7.98. The van der Waals surface area contributed by atoms with E-state index in [2.05, 4.69) is 52.0 Å². The van der Waals surface area contributed by atoms with E-state index in [0.29, 0.717) is 49.4 Å². The largest absolute Gasteiger partial charge is 0.508 e. The van der Waals surface area contributed by atoms with Crippen LogP contribution in [-0.2, 0) is 17.8 Å². The zero-order valence-corrected chi connectivity index (χ0v) is 31.1. The van der Waals surface area contributed by atoms with Crippen LogP contribution in [0.25, 0.3) is 0 Å². The molecule has 286 valence electrons. The fraction of sp³-hybridized carbons (Fsp3) is 0.378. The molecule has 3 aliphatic heterocycles. The van der Waals surface area contributed by atoms with E-state index in [1.165, 1.54) is 11.1 Å². The van der Waals surface area contributed by atoms with E-state index in [9.17, 15) is 14.7 Å². The number of benzene rings is 4. The van der Waals surface area contributed by atoms with Crippen molar-refractivity contribution in [1.29, 1.82) is 0 Å². The topological polar surface area (TPSA) is 85.4 Å². The second-order valence-corrected chi connectivity index (χ2v) is 15.5. The summed E-state index contributed by atoms with van der Waals surface area (Å²) in [5, 5.41) is 12.9. The molecule has 8 nitrogen and oxygen atoms in total. The first kappa shape index (κ1) is 36.7. The number of alkyl halides is 2. The number of piperazine rings is 1. The average molecular weight is 747 g/mol. The number of rotatable bonds is 11. The molecule has 0 aromatic heterocycles. The van der Waals surface area contributed by atoms with Gasteiger partial charge in [0.05, 0.1) is 0 Å². The Bertz CT molecular complexity index is 2050. The maximum absolute atomic E-state index is 15.1. The second-order valence-electron chi connectivity index (χ2n) is 15.5. The van der Waals surface area contributed by atoms with Gasteiger partial charge < -0.3 is 25.0 Å². The van der Waals surface area contributed by atoms with Crippen molar-refractivity contribution in [1.82, 2.24) is 15.1 Å². The highest BCUT2D eigenvalue weighted by Crippen LogP contribution is 2.47. The predicted octanol–water partition coefficient (Wildman–Crippen LogP) is 7.62. The molecule has 1 unspecified atom stereocenters. The fourth-order valence-corrected chi connectivity index (χ4v) is 8.94. The lowest BCUT2D eigenvalue weighted by Crippen LogP contribution is -2.49. The normalized spacial score (nSPS) is 21.6. The van der Waals surface area contributed by atoms with Crippen LogP contribution in [0.3, 0.4) is 0 Å². The van der Waals surface area contributed by atoms with Crippen LogP contribution >= 0.6 is 0 Å². The summed E-state index contributed by atoms with van der Waals surface area (Å²) >= 11 is 0. The zero-order chi connectivity index (χ0) is 38.1. The van der Waals surface area contributed by atoms with Gasteiger partial charge in [-0.3, -0.25) is 14.5 Å². The molecule has 10 heteroatoms. The number of carbonyl (C=O) groups is 2. The van der Waals surface area contributed by atoms with Crippen molar-refractivity contribution in [3.63, 3.8) is 0 Å². The molecule has 55 heavy (non-hydrogen) atoms. The highest BCUT2D eigenvalue weighted by molar-refractivity contribution is 6.01. The molecule has 4 aromatic rings. The number of halogens is 2. The standard InChI is InChI=1S/C45H48F2N4O4/c1-30-8-19-41(43(53)48-30)51-28-34-26-35(12-17-40(34)44(51)54)50-24-22-49(23-25-50)21-5-20-45(46,47)29-55-37-14-9-32(10-15-37)42-38(31-6-3-2-4-7-31)16-11-33-27-36(52)13-18-39(33)42/h2-4,6-7,9-10,12-15,17-18,26-27,38,41-42,52H,1,5,8,11,16,19-25,28-29H2,(H,48,53)/t38-,41?,42+/m1/s1. The fourth-order valence-electron chi connectivity index (χ4n) is 8.94. The number of hydrogen-bond acceptors (Lipinski definition) is 6. The highest BCUT2D eigenvalue weighted by atomic mass is 19.3. The number of phenolic OH excluding ortho intramolecular Hbond substituents is 1. The van der Waals surface area contributed by atoms with Gasteiger partial charge in [0.15, 0.2) is 6.61 Å². The molecule has 1 aliphatic carbocycles. The van der Waals surface area contributed by atoms with Gasteiger partial charge in [0, 0.05) is 62.0 Å². The number of aryl methyl sites for hydroxylation is 1. The smallest absolute Gasteiger partial charge is 0.281 e. The van der Waals surface area contributed by atoms with Gasteiger partial charge in [-0.05, 0) is 115 Å². The van der Waals surface area contributed by atoms with Gasteiger partial charge >= 0.3 is 0 Å². The van der Waals surface area contributed by atoms with Gasteiger partial charge in [0.1, 0.15) is 17.5 Å². The first-order valence-electron chi connectivity index (χ1n) is 19.5. The summed E-state index contributed by atoms with van der Waals surface area (Å²) in [5.74, 6) is -2.21. The van der Waals surface area contributed by atoms with E-state index in [-0.39, 0.29) is 35.8 Å². The Morgan fingerprint density at radius 3 is 2.40 bits per heavy atom. The minimum atomic E-state index is -2.95. The number of ether oxygens (including phenoxy) is 1. The molecule has 0 spiro atoms. The molecule has 2 fully saturated rings. The maximum atomic E-state index is 15.1. The van der Waals surface area contributed by atoms with Gasteiger partial charge in [-0.15, -0.1) is 0 Å². The summed E-state index contributed by atoms with van der Waals surface area (Å²) in [6, 6.07) is 29.0. The number of allylic oxidation sites excluding steroid dienone is 1. The van der Waals surface area contributed by atoms with E-state index in [0.717, 1.165) is 61.4 Å². The summed E-state index contributed by atoms with van der Waals surface area (Å²) in [6.45, 7) is 7.22. The molecule has 0 radical (unpaired) electrons. The molecule has 8 rings (SSSR count). The lowest BCUT2D eigenvalue weighted by atomic mass is 9.69.